The Morgan fingerprint density at radius 2 is 2.05 bits per heavy atom. The van der Waals surface area contributed by atoms with Crippen LogP contribution < -0.4 is 0 Å². The van der Waals surface area contributed by atoms with Gasteiger partial charge in [-0.3, -0.25) is 0 Å². The van der Waals surface area contributed by atoms with E-state index >= 15 is 0 Å². The highest BCUT2D eigenvalue weighted by molar-refractivity contribution is 7.88. The van der Waals surface area contributed by atoms with Crippen LogP contribution in [0.4, 0.5) is 0 Å². The predicted octanol–water partition coefficient (Wildman–Crippen LogP) is 2.18. The monoisotopic (exact) mass is 321 g/mol. The molecule has 1 aliphatic rings. The van der Waals surface area contributed by atoms with Gasteiger partial charge in [0.1, 0.15) is 0 Å². The number of hydrogen-bond donors (Lipinski definition) is 0. The molecule has 1 aromatic carbocycles. The molecule has 0 bridgehead atoms. The van der Waals surface area contributed by atoms with Crippen molar-refractivity contribution in [1.82, 2.24) is 14.5 Å². The molecular formula is C15H19N3O3S. The van der Waals surface area contributed by atoms with Crippen molar-refractivity contribution in [3.05, 3.63) is 35.7 Å². The van der Waals surface area contributed by atoms with Crippen LogP contribution >= 0.6 is 0 Å². The van der Waals surface area contributed by atoms with Gasteiger partial charge in [-0.15, -0.1) is 10.2 Å². The second kappa shape index (κ2) is 5.81. The molecule has 1 atom stereocenters. The van der Waals surface area contributed by atoms with E-state index in [2.05, 4.69) is 10.2 Å². The molecule has 0 saturated carbocycles. The predicted molar refractivity (Wildman–Crippen MR) is 82.9 cm³/mol. The van der Waals surface area contributed by atoms with Gasteiger partial charge in [0, 0.05) is 18.7 Å². The maximum absolute atomic E-state index is 11.7. The Morgan fingerprint density at radius 3 is 2.77 bits per heavy atom. The van der Waals surface area contributed by atoms with Crippen molar-refractivity contribution in [1.29, 1.82) is 0 Å². The summed E-state index contributed by atoms with van der Waals surface area (Å²) in [5, 5.41) is 8.26. The molecule has 0 radical (unpaired) electrons. The summed E-state index contributed by atoms with van der Waals surface area (Å²) in [4.78, 5) is 0. The third-order valence-electron chi connectivity index (χ3n) is 4.02. The van der Waals surface area contributed by atoms with Crippen molar-refractivity contribution in [3.63, 3.8) is 0 Å². The Bertz CT molecular complexity index is 770. The van der Waals surface area contributed by atoms with Crippen LogP contribution in [0.1, 0.15) is 30.2 Å². The number of nitrogens with zero attached hydrogens (tertiary/aromatic N) is 3. The third kappa shape index (κ3) is 3.05. The minimum Gasteiger partial charge on any atom is -0.420 e. The molecule has 0 spiro atoms. The van der Waals surface area contributed by atoms with E-state index in [4.69, 9.17) is 4.42 Å². The van der Waals surface area contributed by atoms with Crippen LogP contribution in [-0.4, -0.2) is 42.3 Å². The Kier molecular flexibility index (Phi) is 4.01. The van der Waals surface area contributed by atoms with Crippen LogP contribution in [0.15, 0.2) is 28.7 Å². The normalized spacial score (nSPS) is 20.2. The lowest BCUT2D eigenvalue weighted by Gasteiger charge is -2.28. The highest BCUT2D eigenvalue weighted by atomic mass is 32.2. The molecule has 3 rings (SSSR count). The number of piperidine rings is 1. The van der Waals surface area contributed by atoms with E-state index in [1.165, 1.54) is 10.6 Å². The average molecular weight is 321 g/mol. The maximum atomic E-state index is 11.7. The van der Waals surface area contributed by atoms with Gasteiger partial charge in [-0.2, -0.15) is 0 Å². The summed E-state index contributed by atoms with van der Waals surface area (Å²) >= 11 is 0. The van der Waals surface area contributed by atoms with Crippen LogP contribution in [0.3, 0.4) is 0 Å². The van der Waals surface area contributed by atoms with Crippen molar-refractivity contribution in [3.8, 4) is 11.5 Å². The van der Waals surface area contributed by atoms with Crippen molar-refractivity contribution in [2.75, 3.05) is 19.3 Å². The van der Waals surface area contributed by atoms with Gasteiger partial charge in [0.25, 0.3) is 0 Å². The van der Waals surface area contributed by atoms with Gasteiger partial charge >= 0.3 is 0 Å². The zero-order chi connectivity index (χ0) is 15.7. The van der Waals surface area contributed by atoms with Gasteiger partial charge < -0.3 is 4.42 Å². The molecule has 1 aromatic heterocycles. The highest BCUT2D eigenvalue weighted by Gasteiger charge is 2.30. The van der Waals surface area contributed by atoms with E-state index in [1.807, 2.05) is 31.2 Å². The molecule has 0 N–H and O–H groups in total. The lowest BCUT2D eigenvalue weighted by Crippen LogP contribution is -2.38. The van der Waals surface area contributed by atoms with Gasteiger partial charge in [-0.05, 0) is 31.4 Å². The summed E-state index contributed by atoms with van der Waals surface area (Å²) < 4.78 is 30.7. The molecule has 0 amide bonds. The van der Waals surface area contributed by atoms with Gasteiger partial charge in [0.15, 0.2) is 0 Å². The lowest BCUT2D eigenvalue weighted by atomic mass is 10.00. The second-order valence-electron chi connectivity index (χ2n) is 5.72. The number of benzene rings is 1. The fraction of sp³-hybridized carbons (Fsp3) is 0.467. The lowest BCUT2D eigenvalue weighted by molar-refractivity contribution is 0.287. The molecule has 2 aromatic rings. The van der Waals surface area contributed by atoms with Crippen molar-refractivity contribution >= 4 is 10.0 Å². The van der Waals surface area contributed by atoms with E-state index in [0.29, 0.717) is 24.9 Å². The fourth-order valence-corrected chi connectivity index (χ4v) is 3.68. The molecule has 0 aliphatic carbocycles. The Hall–Kier alpha value is -1.73. The number of aromatic nitrogens is 2. The zero-order valence-electron chi connectivity index (χ0n) is 12.7. The zero-order valence-corrected chi connectivity index (χ0v) is 13.5. The van der Waals surface area contributed by atoms with E-state index in [1.54, 1.807) is 0 Å². The molecule has 118 valence electrons. The van der Waals surface area contributed by atoms with Crippen LogP contribution in [0, 0.1) is 6.92 Å². The molecule has 7 heteroatoms. The third-order valence-corrected chi connectivity index (χ3v) is 5.29. The molecule has 22 heavy (non-hydrogen) atoms. The first-order valence-corrected chi connectivity index (χ1v) is 9.14. The van der Waals surface area contributed by atoms with Crippen LogP contribution in [0.5, 0.6) is 0 Å². The van der Waals surface area contributed by atoms with Crippen LogP contribution in [0.25, 0.3) is 11.5 Å². The first-order chi connectivity index (χ1) is 10.4. The average Bonchev–Trinajstić information content (AvgIpc) is 2.97. The summed E-state index contributed by atoms with van der Waals surface area (Å²) in [6.45, 7) is 2.97. The Balaban J connectivity index is 1.84. The first kappa shape index (κ1) is 15.2. The summed E-state index contributed by atoms with van der Waals surface area (Å²) in [5.41, 5.74) is 1.98. The SMILES string of the molecule is Cc1ccccc1-c1nnc([C@@H]2CCCN(S(C)(=O)=O)C2)o1. The van der Waals surface area contributed by atoms with Crippen molar-refractivity contribution < 1.29 is 12.8 Å². The van der Waals surface area contributed by atoms with E-state index < -0.39 is 10.0 Å². The maximum Gasteiger partial charge on any atom is 0.248 e. The number of sulfonamides is 1. The van der Waals surface area contributed by atoms with Crippen molar-refractivity contribution in [2.45, 2.75) is 25.7 Å². The highest BCUT2D eigenvalue weighted by Crippen LogP contribution is 2.30. The molecule has 2 heterocycles. The van der Waals surface area contributed by atoms with Gasteiger partial charge in [0.05, 0.1) is 12.2 Å². The molecule has 1 saturated heterocycles. The van der Waals surface area contributed by atoms with Crippen LogP contribution in [-0.2, 0) is 10.0 Å². The molecule has 1 aliphatic heterocycles. The number of aryl methyl sites for hydroxylation is 1. The summed E-state index contributed by atoms with van der Waals surface area (Å²) in [6, 6.07) is 7.82. The van der Waals surface area contributed by atoms with Crippen molar-refractivity contribution in [2.24, 2.45) is 0 Å². The summed E-state index contributed by atoms with van der Waals surface area (Å²) in [6.07, 6.45) is 2.91. The molecule has 6 nitrogen and oxygen atoms in total. The van der Waals surface area contributed by atoms with E-state index in [-0.39, 0.29) is 5.92 Å². The topological polar surface area (TPSA) is 76.3 Å². The van der Waals surface area contributed by atoms with E-state index in [0.717, 1.165) is 24.0 Å². The minimum atomic E-state index is -3.18. The second-order valence-corrected chi connectivity index (χ2v) is 7.70. The Labute approximate surface area is 130 Å². The quantitative estimate of drug-likeness (QED) is 0.866. The number of hydrogen-bond acceptors (Lipinski definition) is 5. The molecule has 0 unspecified atom stereocenters. The van der Waals surface area contributed by atoms with Gasteiger partial charge in [-0.25, -0.2) is 12.7 Å². The Morgan fingerprint density at radius 1 is 1.27 bits per heavy atom. The number of rotatable bonds is 3. The van der Waals surface area contributed by atoms with Gasteiger partial charge in [-0.1, -0.05) is 18.2 Å². The first-order valence-electron chi connectivity index (χ1n) is 7.29. The largest absolute Gasteiger partial charge is 0.420 e. The summed E-state index contributed by atoms with van der Waals surface area (Å²) in [5.74, 6) is 0.977. The fourth-order valence-electron chi connectivity index (χ4n) is 2.77. The summed E-state index contributed by atoms with van der Waals surface area (Å²) in [7, 11) is -3.18. The molecular weight excluding hydrogens is 302 g/mol. The standard InChI is InChI=1S/C15H19N3O3S/c1-11-6-3-4-8-13(11)15-17-16-14(21-15)12-7-5-9-18(10-12)22(2,19)20/h3-4,6,8,12H,5,7,9-10H2,1-2H3/t12-/m1/s1. The smallest absolute Gasteiger partial charge is 0.248 e. The van der Waals surface area contributed by atoms with Gasteiger partial charge in [0.2, 0.25) is 21.8 Å². The van der Waals surface area contributed by atoms with Crippen LogP contribution in [0.2, 0.25) is 0 Å². The minimum absolute atomic E-state index is 0.0336. The van der Waals surface area contributed by atoms with E-state index in [9.17, 15) is 8.42 Å². The molecule has 1 fully saturated rings.